The molecule has 1 aromatic heterocycles. The minimum absolute atomic E-state index is 0.279. The molecular weight excluding hydrogens is 252 g/mol. The molecule has 104 valence electrons. The van der Waals surface area contributed by atoms with Gasteiger partial charge in [0.25, 0.3) is 0 Å². The molecule has 2 aliphatic heterocycles. The number of nitrogens with zero attached hydrogens (tertiary/aromatic N) is 3. The molecule has 5 nitrogen and oxygen atoms in total. The first-order valence-electron chi connectivity index (χ1n) is 7.20. The maximum atomic E-state index is 5.88. The van der Waals surface area contributed by atoms with E-state index in [4.69, 9.17) is 4.74 Å². The lowest BCUT2D eigenvalue weighted by molar-refractivity contribution is 0.253. The summed E-state index contributed by atoms with van der Waals surface area (Å²) in [7, 11) is 0. The fourth-order valence-corrected chi connectivity index (χ4v) is 3.16. The van der Waals surface area contributed by atoms with Crippen molar-refractivity contribution in [3.8, 4) is 5.75 Å². The van der Waals surface area contributed by atoms with Crippen LogP contribution in [0.1, 0.15) is 36.1 Å². The van der Waals surface area contributed by atoms with Crippen LogP contribution in [0.3, 0.4) is 0 Å². The molecule has 0 spiro atoms. The second-order valence-corrected chi connectivity index (χ2v) is 5.56. The van der Waals surface area contributed by atoms with Crippen LogP contribution in [0, 0.1) is 0 Å². The Morgan fingerprint density at radius 3 is 3.05 bits per heavy atom. The molecule has 0 saturated carbocycles. The molecule has 0 bridgehead atoms. The second kappa shape index (κ2) is 4.59. The van der Waals surface area contributed by atoms with Gasteiger partial charge in [0.1, 0.15) is 17.4 Å². The smallest absolute Gasteiger partial charge is 0.149 e. The van der Waals surface area contributed by atoms with E-state index < -0.39 is 0 Å². The lowest BCUT2D eigenvalue weighted by Crippen LogP contribution is -2.33. The molecule has 0 fully saturated rings. The molecule has 0 amide bonds. The Hall–Kier alpha value is -1.88. The third kappa shape index (κ3) is 1.81. The van der Waals surface area contributed by atoms with Crippen LogP contribution in [0.4, 0.5) is 0 Å². The largest absolute Gasteiger partial charge is 0.493 e. The second-order valence-electron chi connectivity index (χ2n) is 5.56. The zero-order valence-corrected chi connectivity index (χ0v) is 11.5. The summed E-state index contributed by atoms with van der Waals surface area (Å²) >= 11 is 0. The lowest BCUT2D eigenvalue weighted by atomic mass is 9.96. The van der Waals surface area contributed by atoms with E-state index in [1.165, 1.54) is 5.56 Å². The average molecular weight is 270 g/mol. The Morgan fingerprint density at radius 1 is 1.25 bits per heavy atom. The standard InChI is InChI=1S/C15H18N4O/c1-10-14-17-18-15(19(14)7-6-16-10)12-8-11-4-2-3-5-13(11)20-9-12/h2-5,10,12,16H,6-9H2,1H3. The Morgan fingerprint density at radius 2 is 2.10 bits per heavy atom. The van der Waals surface area contributed by atoms with Gasteiger partial charge >= 0.3 is 0 Å². The van der Waals surface area contributed by atoms with Crippen LogP contribution >= 0.6 is 0 Å². The van der Waals surface area contributed by atoms with Gasteiger partial charge in [0.05, 0.1) is 18.6 Å². The number of hydrogen-bond acceptors (Lipinski definition) is 4. The summed E-state index contributed by atoms with van der Waals surface area (Å²) in [5.41, 5.74) is 1.27. The number of fused-ring (bicyclic) bond motifs is 2. The van der Waals surface area contributed by atoms with Crippen molar-refractivity contribution in [2.45, 2.75) is 31.8 Å². The van der Waals surface area contributed by atoms with Crippen LogP contribution in [0.15, 0.2) is 24.3 Å². The topological polar surface area (TPSA) is 52.0 Å². The Kier molecular flexibility index (Phi) is 2.73. The highest BCUT2D eigenvalue weighted by Crippen LogP contribution is 2.32. The summed E-state index contributed by atoms with van der Waals surface area (Å²) in [6.07, 6.45) is 0.982. The van der Waals surface area contributed by atoms with E-state index in [0.717, 1.165) is 36.9 Å². The quantitative estimate of drug-likeness (QED) is 0.856. The summed E-state index contributed by atoms with van der Waals surface area (Å²) in [4.78, 5) is 0. The highest BCUT2D eigenvalue weighted by atomic mass is 16.5. The molecule has 0 aliphatic carbocycles. The van der Waals surface area contributed by atoms with Gasteiger partial charge in [-0.15, -0.1) is 10.2 Å². The average Bonchev–Trinajstić information content (AvgIpc) is 2.92. The highest BCUT2D eigenvalue weighted by Gasteiger charge is 2.29. The third-order valence-corrected chi connectivity index (χ3v) is 4.23. The normalized spacial score (nSPS) is 24.6. The first-order chi connectivity index (χ1) is 9.83. The molecule has 5 heteroatoms. The van der Waals surface area contributed by atoms with Crippen molar-refractivity contribution in [2.24, 2.45) is 0 Å². The van der Waals surface area contributed by atoms with Gasteiger partial charge in [0.15, 0.2) is 0 Å². The molecule has 2 unspecified atom stereocenters. The van der Waals surface area contributed by atoms with Crippen molar-refractivity contribution in [1.29, 1.82) is 0 Å². The molecule has 1 aromatic carbocycles. The minimum atomic E-state index is 0.279. The van der Waals surface area contributed by atoms with E-state index in [1.807, 2.05) is 12.1 Å². The van der Waals surface area contributed by atoms with Crippen molar-refractivity contribution < 1.29 is 4.74 Å². The Labute approximate surface area is 118 Å². The molecule has 0 radical (unpaired) electrons. The number of hydrogen-bond donors (Lipinski definition) is 1. The number of benzene rings is 1. The summed E-state index contributed by atoms with van der Waals surface area (Å²) in [5, 5.41) is 12.2. The Bertz CT molecular complexity index is 637. The number of rotatable bonds is 1. The van der Waals surface area contributed by atoms with Crippen molar-refractivity contribution >= 4 is 0 Å². The van der Waals surface area contributed by atoms with Crippen molar-refractivity contribution in [3.63, 3.8) is 0 Å². The number of para-hydroxylation sites is 1. The van der Waals surface area contributed by atoms with Crippen molar-refractivity contribution in [3.05, 3.63) is 41.5 Å². The minimum Gasteiger partial charge on any atom is -0.493 e. The first-order valence-corrected chi connectivity index (χ1v) is 7.20. The summed E-state index contributed by atoms with van der Waals surface area (Å²) in [6, 6.07) is 8.54. The molecule has 4 rings (SSSR count). The van der Waals surface area contributed by atoms with E-state index in [2.05, 4.69) is 39.1 Å². The predicted molar refractivity (Wildman–Crippen MR) is 74.8 cm³/mol. The van der Waals surface area contributed by atoms with E-state index in [1.54, 1.807) is 0 Å². The molecule has 20 heavy (non-hydrogen) atoms. The molecule has 2 aromatic rings. The van der Waals surface area contributed by atoms with Crippen LogP contribution in [0.5, 0.6) is 5.75 Å². The molecule has 1 N–H and O–H groups in total. The van der Waals surface area contributed by atoms with Gasteiger partial charge in [-0.3, -0.25) is 0 Å². The zero-order valence-electron chi connectivity index (χ0n) is 11.5. The van der Waals surface area contributed by atoms with E-state index >= 15 is 0 Å². The highest BCUT2D eigenvalue weighted by molar-refractivity contribution is 5.36. The first kappa shape index (κ1) is 11.9. The maximum Gasteiger partial charge on any atom is 0.149 e. The fraction of sp³-hybridized carbons (Fsp3) is 0.467. The van der Waals surface area contributed by atoms with E-state index in [9.17, 15) is 0 Å². The predicted octanol–water partition coefficient (Wildman–Crippen LogP) is 1.66. The summed E-state index contributed by atoms with van der Waals surface area (Å²) in [6.45, 7) is 4.75. The van der Waals surface area contributed by atoms with Crippen LogP contribution in [-0.2, 0) is 13.0 Å². The number of ether oxygens (including phenoxy) is 1. The van der Waals surface area contributed by atoms with Crippen molar-refractivity contribution in [2.75, 3.05) is 13.2 Å². The molecule has 2 atom stereocenters. The monoisotopic (exact) mass is 270 g/mol. The van der Waals surface area contributed by atoms with Gasteiger partial charge in [0, 0.05) is 13.1 Å². The van der Waals surface area contributed by atoms with E-state index in [0.29, 0.717) is 12.5 Å². The third-order valence-electron chi connectivity index (χ3n) is 4.23. The van der Waals surface area contributed by atoms with Crippen LogP contribution in [-0.4, -0.2) is 27.9 Å². The summed E-state index contributed by atoms with van der Waals surface area (Å²) in [5.74, 6) is 3.43. The molecule has 2 aliphatic rings. The number of aromatic nitrogens is 3. The summed E-state index contributed by atoms with van der Waals surface area (Å²) < 4.78 is 8.15. The zero-order chi connectivity index (χ0) is 13.5. The van der Waals surface area contributed by atoms with Gasteiger partial charge < -0.3 is 14.6 Å². The van der Waals surface area contributed by atoms with Gasteiger partial charge in [-0.1, -0.05) is 18.2 Å². The number of nitrogens with one attached hydrogen (secondary N) is 1. The van der Waals surface area contributed by atoms with Crippen LogP contribution in [0.25, 0.3) is 0 Å². The molecule has 0 saturated heterocycles. The van der Waals surface area contributed by atoms with Gasteiger partial charge in [-0.05, 0) is 25.0 Å². The lowest BCUT2D eigenvalue weighted by Gasteiger charge is -2.27. The molecular formula is C15H18N4O. The van der Waals surface area contributed by atoms with Crippen LogP contribution in [0.2, 0.25) is 0 Å². The maximum absolute atomic E-state index is 5.88. The Balaban J connectivity index is 1.67. The van der Waals surface area contributed by atoms with Crippen LogP contribution < -0.4 is 10.1 Å². The van der Waals surface area contributed by atoms with Crippen molar-refractivity contribution in [1.82, 2.24) is 20.1 Å². The van der Waals surface area contributed by atoms with E-state index in [-0.39, 0.29) is 6.04 Å². The van der Waals surface area contributed by atoms with Gasteiger partial charge in [-0.25, -0.2) is 0 Å². The SMILES string of the molecule is CC1NCCn2c(C3COc4ccccc4C3)nnc21. The molecule has 3 heterocycles. The fourth-order valence-electron chi connectivity index (χ4n) is 3.16. The van der Waals surface area contributed by atoms with Gasteiger partial charge in [-0.2, -0.15) is 0 Å². The van der Waals surface area contributed by atoms with Gasteiger partial charge in [0.2, 0.25) is 0 Å².